The summed E-state index contributed by atoms with van der Waals surface area (Å²) in [6.07, 6.45) is 4.84. The van der Waals surface area contributed by atoms with Crippen LogP contribution in [0.4, 0.5) is 10.1 Å². The van der Waals surface area contributed by atoms with E-state index in [1.54, 1.807) is 23.3 Å². The van der Waals surface area contributed by atoms with Gasteiger partial charge in [0.2, 0.25) is 6.71 Å². The Morgan fingerprint density at radius 3 is 2.39 bits per heavy atom. The van der Waals surface area contributed by atoms with Gasteiger partial charge in [0.15, 0.2) is 0 Å². The third-order valence-electron chi connectivity index (χ3n) is 6.10. The van der Waals surface area contributed by atoms with Crippen molar-refractivity contribution in [1.82, 2.24) is 9.55 Å². The van der Waals surface area contributed by atoms with Gasteiger partial charge in [0, 0.05) is 22.8 Å². The van der Waals surface area contributed by atoms with Crippen molar-refractivity contribution in [1.29, 1.82) is 0 Å². The molecule has 2 aromatic heterocycles. The van der Waals surface area contributed by atoms with Crippen LogP contribution in [0.5, 0.6) is 0 Å². The van der Waals surface area contributed by atoms with Crippen LogP contribution < -0.4 is 10.9 Å². The zero-order chi connectivity index (χ0) is 26.5. The van der Waals surface area contributed by atoms with E-state index in [0.717, 1.165) is 0 Å². The highest BCUT2D eigenvalue weighted by Gasteiger charge is 2.34. The molecule has 0 saturated heterocycles. The topological polar surface area (TPSA) is 61.0 Å². The second kappa shape index (κ2) is 11.7. The number of nitro groups is 1. The summed E-state index contributed by atoms with van der Waals surface area (Å²) in [5.74, 6) is 0.0367. The summed E-state index contributed by atoms with van der Waals surface area (Å²) in [4.78, 5) is 15.8. The molecule has 0 radical (unpaired) electrons. The van der Waals surface area contributed by atoms with Crippen LogP contribution in [-0.4, -0.2) is 21.2 Å². The smallest absolute Gasteiger partial charge is 0.280 e. The Bertz CT molecular complexity index is 1280. The molecule has 0 aliphatic heterocycles. The first kappa shape index (κ1) is 27.3. The van der Waals surface area contributed by atoms with E-state index in [1.807, 2.05) is 11.3 Å². The summed E-state index contributed by atoms with van der Waals surface area (Å²) in [5.41, 5.74) is 3.30. The summed E-state index contributed by atoms with van der Waals surface area (Å²) in [5, 5.41) is 13.4. The molecule has 8 heteroatoms. The van der Waals surface area contributed by atoms with Crippen molar-refractivity contribution in [3.8, 4) is 0 Å². The average Bonchev–Trinajstić information content (AvgIpc) is 3.49. The van der Waals surface area contributed by atoms with E-state index < -0.39 is 10.7 Å². The molecule has 4 aromatic rings. The molecular formula is C28H33BFN3O2S. The lowest BCUT2D eigenvalue weighted by Gasteiger charge is -2.29. The lowest BCUT2D eigenvalue weighted by molar-refractivity contribution is -0.386. The van der Waals surface area contributed by atoms with Gasteiger partial charge in [-0.1, -0.05) is 87.3 Å². The summed E-state index contributed by atoms with van der Waals surface area (Å²) in [6, 6.07) is 15.9. The maximum atomic E-state index is 13.3. The van der Waals surface area contributed by atoms with E-state index in [1.165, 1.54) is 34.9 Å². The number of halogens is 1. The predicted molar refractivity (Wildman–Crippen MR) is 149 cm³/mol. The third-order valence-corrected chi connectivity index (χ3v) is 7.34. The monoisotopic (exact) mass is 505 g/mol. The van der Waals surface area contributed by atoms with Gasteiger partial charge >= 0.3 is 0 Å². The zero-order valence-corrected chi connectivity index (χ0v) is 22.6. The molecule has 0 atom stereocenters. The van der Waals surface area contributed by atoms with Crippen LogP contribution in [0.2, 0.25) is 5.31 Å². The fraction of sp³-hybridized carbons (Fsp3) is 0.321. The number of nitrogens with zero attached hydrogens (tertiary/aromatic N) is 3. The zero-order valence-electron chi connectivity index (χ0n) is 21.7. The minimum absolute atomic E-state index is 0.0626. The molecule has 36 heavy (non-hydrogen) atoms. The summed E-state index contributed by atoms with van der Waals surface area (Å²) >= 11 is 1.90. The number of imidazole rings is 1. The van der Waals surface area contributed by atoms with Gasteiger partial charge in [0.25, 0.3) is 5.69 Å². The van der Waals surface area contributed by atoms with E-state index in [0.29, 0.717) is 24.7 Å². The van der Waals surface area contributed by atoms with Crippen LogP contribution in [0.1, 0.15) is 56.5 Å². The molecule has 0 fully saturated rings. The van der Waals surface area contributed by atoms with Crippen LogP contribution in [-0.2, 0) is 6.54 Å². The first-order chi connectivity index (χ1) is 17.0. The summed E-state index contributed by atoms with van der Waals surface area (Å²) in [6.45, 7) is 13.8. The number of nitro benzene ring substituents is 1. The Kier molecular flexibility index (Phi) is 8.85. The van der Waals surface area contributed by atoms with Gasteiger partial charge in [-0.15, -0.1) is 11.3 Å². The van der Waals surface area contributed by atoms with Gasteiger partial charge in [-0.2, -0.15) is 0 Å². The first-order valence-electron chi connectivity index (χ1n) is 12.0. The largest absolute Gasteiger partial charge is 0.333 e. The highest BCUT2D eigenvalue weighted by Crippen LogP contribution is 2.30. The van der Waals surface area contributed by atoms with E-state index in [4.69, 9.17) is 0 Å². The molecule has 4 rings (SSSR count). The molecular weight excluding hydrogens is 472 g/mol. The van der Waals surface area contributed by atoms with Crippen molar-refractivity contribution < 1.29 is 9.31 Å². The Hall–Kier alpha value is -3.26. The predicted octanol–water partition coefficient (Wildman–Crippen LogP) is 6.57. The van der Waals surface area contributed by atoms with Crippen molar-refractivity contribution in [3.05, 3.63) is 105 Å². The van der Waals surface area contributed by atoms with E-state index in [2.05, 4.69) is 81.4 Å². The highest BCUT2D eigenvalue weighted by atomic mass is 32.1. The fourth-order valence-electron chi connectivity index (χ4n) is 4.52. The van der Waals surface area contributed by atoms with Crippen LogP contribution in [0.15, 0.2) is 72.6 Å². The van der Waals surface area contributed by atoms with Gasteiger partial charge in [-0.3, -0.25) is 10.1 Å². The van der Waals surface area contributed by atoms with Gasteiger partial charge in [-0.05, 0) is 30.4 Å². The lowest BCUT2D eigenvalue weighted by atomic mass is 9.28. The minimum atomic E-state index is -0.564. The van der Waals surface area contributed by atoms with Crippen molar-refractivity contribution in [2.45, 2.75) is 59.3 Å². The van der Waals surface area contributed by atoms with Crippen LogP contribution in [0, 0.1) is 22.9 Å². The molecule has 2 aromatic carbocycles. The van der Waals surface area contributed by atoms with Crippen molar-refractivity contribution in [3.63, 3.8) is 0 Å². The molecule has 0 saturated carbocycles. The number of benzene rings is 2. The SMILES string of the molecule is CC(C)c1sccc1B(c1ccccc1)C(C)(C)C.Cc1c(F)ccc(Cn2ccnc2)c1[N+](=O)[O-]. The van der Waals surface area contributed by atoms with Crippen molar-refractivity contribution >= 4 is 34.7 Å². The molecule has 0 N–H and O–H groups in total. The fourth-order valence-corrected chi connectivity index (χ4v) is 5.48. The number of rotatable bonds is 6. The Balaban J connectivity index is 0.000000202. The standard InChI is InChI=1S/C17H23BS.C11H10FN3O2/c1-13(2)16-15(11-12-19-16)18(17(3,4)5)14-9-7-6-8-10-14;1-8-10(12)3-2-9(11(8)15(16)17)6-14-5-4-13-7-14/h6-13H,1-5H3;2-5,7H,6H2,1H3. The van der Waals surface area contributed by atoms with Crippen LogP contribution >= 0.6 is 11.3 Å². The Morgan fingerprint density at radius 1 is 1.14 bits per heavy atom. The highest BCUT2D eigenvalue weighted by molar-refractivity contribution is 7.12. The Labute approximate surface area is 217 Å². The normalized spacial score (nSPS) is 11.2. The molecule has 5 nitrogen and oxygen atoms in total. The molecule has 0 bridgehead atoms. The summed E-state index contributed by atoms with van der Waals surface area (Å²) in [7, 11) is 0. The van der Waals surface area contributed by atoms with Gasteiger partial charge in [-0.25, -0.2) is 9.37 Å². The number of thiophene rings is 1. The van der Waals surface area contributed by atoms with Gasteiger partial charge in [0.05, 0.1) is 23.4 Å². The van der Waals surface area contributed by atoms with E-state index in [9.17, 15) is 14.5 Å². The van der Waals surface area contributed by atoms with Crippen molar-refractivity contribution in [2.24, 2.45) is 0 Å². The third kappa shape index (κ3) is 6.49. The number of hydrogen-bond donors (Lipinski definition) is 0. The minimum Gasteiger partial charge on any atom is -0.333 e. The molecule has 0 spiro atoms. The summed E-state index contributed by atoms with van der Waals surface area (Å²) < 4.78 is 15.0. The number of hydrogen-bond acceptors (Lipinski definition) is 4. The number of aromatic nitrogens is 2. The quantitative estimate of drug-likeness (QED) is 0.169. The maximum absolute atomic E-state index is 13.3. The second-order valence-electron chi connectivity index (χ2n) is 10.3. The first-order valence-corrected chi connectivity index (χ1v) is 12.9. The van der Waals surface area contributed by atoms with Gasteiger partial charge < -0.3 is 4.57 Å². The Morgan fingerprint density at radius 2 is 1.83 bits per heavy atom. The van der Waals surface area contributed by atoms with Crippen LogP contribution in [0.3, 0.4) is 0 Å². The average molecular weight is 505 g/mol. The maximum Gasteiger partial charge on any atom is 0.280 e. The van der Waals surface area contributed by atoms with E-state index in [-0.39, 0.29) is 16.6 Å². The molecule has 0 aliphatic rings. The van der Waals surface area contributed by atoms with Crippen LogP contribution in [0.25, 0.3) is 0 Å². The molecule has 188 valence electrons. The van der Waals surface area contributed by atoms with E-state index >= 15 is 0 Å². The second-order valence-corrected chi connectivity index (χ2v) is 11.2. The molecule has 0 aliphatic carbocycles. The lowest BCUT2D eigenvalue weighted by Crippen LogP contribution is -2.49. The molecule has 2 heterocycles. The van der Waals surface area contributed by atoms with Gasteiger partial charge in [0.1, 0.15) is 5.82 Å². The molecule has 0 amide bonds. The van der Waals surface area contributed by atoms with Crippen molar-refractivity contribution in [2.75, 3.05) is 0 Å². The molecule has 0 unspecified atom stereocenters.